The molecule has 2 aromatic rings. The van der Waals surface area contributed by atoms with Gasteiger partial charge in [0.2, 0.25) is 0 Å². The maximum absolute atomic E-state index is 13.6. The number of carbonyl (C=O) groups excluding carboxylic acids is 1. The van der Waals surface area contributed by atoms with Gasteiger partial charge in [0.25, 0.3) is 5.91 Å². The second-order valence-electron chi connectivity index (χ2n) is 7.67. The van der Waals surface area contributed by atoms with E-state index in [0.717, 1.165) is 49.3 Å². The quantitative estimate of drug-likeness (QED) is 0.816. The van der Waals surface area contributed by atoms with Crippen LogP contribution in [0.5, 0.6) is 0 Å². The van der Waals surface area contributed by atoms with Gasteiger partial charge in [0, 0.05) is 24.0 Å². The first-order valence-electron chi connectivity index (χ1n) is 9.99. The molecule has 0 aliphatic carbocycles. The Hall–Kier alpha value is -2.37. The standard InChI is InChI=1S/C23H25N3OS/c1-3-25-15-13-23(14-16-25)24-20(18-10-5-4-6-11-18)22(28)26(23)21(27)19-12-8-7-9-17(19)2/h4-12H,3,13-16H2,1-2H3/p+1. The maximum Gasteiger partial charge on any atom is 0.261 e. The van der Waals surface area contributed by atoms with E-state index in [9.17, 15) is 4.79 Å². The van der Waals surface area contributed by atoms with Crippen LogP contribution in [0.4, 0.5) is 0 Å². The molecule has 0 atom stereocenters. The average Bonchev–Trinajstić information content (AvgIpc) is 3.01. The lowest BCUT2D eigenvalue weighted by atomic mass is 9.95. The van der Waals surface area contributed by atoms with E-state index < -0.39 is 5.66 Å². The molecule has 1 N–H and O–H groups in total. The Morgan fingerprint density at radius 2 is 1.75 bits per heavy atom. The van der Waals surface area contributed by atoms with Crippen LogP contribution >= 0.6 is 12.2 Å². The van der Waals surface area contributed by atoms with Crippen molar-refractivity contribution in [1.82, 2.24) is 4.90 Å². The van der Waals surface area contributed by atoms with Crippen molar-refractivity contribution < 1.29 is 9.69 Å². The molecule has 5 heteroatoms. The highest BCUT2D eigenvalue weighted by Crippen LogP contribution is 2.36. The molecule has 2 aromatic carbocycles. The molecule has 0 saturated carbocycles. The normalized spacial score (nSPS) is 24.5. The van der Waals surface area contributed by atoms with E-state index in [2.05, 4.69) is 6.92 Å². The van der Waals surface area contributed by atoms with Crippen LogP contribution in [0.2, 0.25) is 0 Å². The zero-order valence-electron chi connectivity index (χ0n) is 16.4. The van der Waals surface area contributed by atoms with Crippen molar-refractivity contribution in [2.24, 2.45) is 4.99 Å². The van der Waals surface area contributed by atoms with Gasteiger partial charge >= 0.3 is 0 Å². The first kappa shape index (κ1) is 19.0. The molecular formula is C23H26N3OS+. The highest BCUT2D eigenvalue weighted by atomic mass is 32.1. The molecule has 1 amide bonds. The number of nitrogens with zero attached hydrogens (tertiary/aromatic N) is 2. The van der Waals surface area contributed by atoms with Gasteiger partial charge in [0.05, 0.1) is 19.6 Å². The predicted molar refractivity (Wildman–Crippen MR) is 116 cm³/mol. The van der Waals surface area contributed by atoms with Crippen LogP contribution in [0, 0.1) is 6.92 Å². The number of aryl methyl sites for hydroxylation is 1. The Balaban J connectivity index is 1.77. The summed E-state index contributed by atoms with van der Waals surface area (Å²) in [6.07, 6.45) is 1.68. The van der Waals surface area contributed by atoms with Crippen LogP contribution in [-0.2, 0) is 0 Å². The molecule has 1 saturated heterocycles. The summed E-state index contributed by atoms with van der Waals surface area (Å²) in [6, 6.07) is 17.7. The molecule has 2 heterocycles. The number of likely N-dealkylation sites (tertiary alicyclic amines) is 1. The number of piperidine rings is 1. The highest BCUT2D eigenvalue weighted by molar-refractivity contribution is 7.82. The number of nitrogens with one attached hydrogen (secondary N) is 1. The van der Waals surface area contributed by atoms with Gasteiger partial charge in [-0.3, -0.25) is 14.7 Å². The summed E-state index contributed by atoms with van der Waals surface area (Å²) in [7, 11) is 0. The number of aliphatic imine (C=N–C) groups is 1. The van der Waals surface area contributed by atoms with Gasteiger partial charge in [-0.1, -0.05) is 60.7 Å². The van der Waals surface area contributed by atoms with Gasteiger partial charge < -0.3 is 4.90 Å². The molecule has 1 fully saturated rings. The number of thiocarbonyl (C=S) groups is 1. The van der Waals surface area contributed by atoms with Crippen molar-refractivity contribution in [2.45, 2.75) is 32.4 Å². The van der Waals surface area contributed by atoms with Gasteiger partial charge in [-0.2, -0.15) is 0 Å². The second-order valence-corrected chi connectivity index (χ2v) is 8.06. The Morgan fingerprint density at radius 3 is 2.39 bits per heavy atom. The third-order valence-corrected chi connectivity index (χ3v) is 6.40. The average molecular weight is 393 g/mol. The first-order valence-corrected chi connectivity index (χ1v) is 10.4. The summed E-state index contributed by atoms with van der Waals surface area (Å²) in [5.74, 6) is -0.0299. The lowest BCUT2D eigenvalue weighted by Gasteiger charge is -2.40. The third-order valence-electron chi connectivity index (χ3n) is 6.03. The number of hydrogen-bond acceptors (Lipinski definition) is 3. The monoisotopic (exact) mass is 392 g/mol. The molecule has 0 bridgehead atoms. The zero-order valence-corrected chi connectivity index (χ0v) is 17.3. The van der Waals surface area contributed by atoms with Crippen LogP contribution in [0.15, 0.2) is 59.6 Å². The van der Waals surface area contributed by atoms with Crippen LogP contribution in [0.25, 0.3) is 0 Å². The molecule has 2 aliphatic heterocycles. The highest BCUT2D eigenvalue weighted by Gasteiger charge is 2.51. The van der Waals surface area contributed by atoms with Gasteiger partial charge in [-0.15, -0.1) is 0 Å². The molecule has 2 aliphatic rings. The predicted octanol–water partition coefficient (Wildman–Crippen LogP) is 2.66. The molecule has 0 radical (unpaired) electrons. The van der Waals surface area contributed by atoms with Crippen molar-refractivity contribution in [3.05, 3.63) is 71.3 Å². The molecular weight excluding hydrogens is 366 g/mol. The van der Waals surface area contributed by atoms with Crippen molar-refractivity contribution in [3.8, 4) is 0 Å². The SMILES string of the molecule is CC[NH+]1CCC2(CC1)N=C(c1ccccc1)C(=S)N2C(=O)c1ccccc1C. The summed E-state index contributed by atoms with van der Waals surface area (Å²) >= 11 is 5.84. The van der Waals surface area contributed by atoms with Gasteiger partial charge in [0.1, 0.15) is 10.7 Å². The smallest absolute Gasteiger partial charge is 0.261 e. The van der Waals surface area contributed by atoms with Gasteiger partial charge in [0.15, 0.2) is 5.66 Å². The second kappa shape index (κ2) is 7.57. The topological polar surface area (TPSA) is 37.1 Å². The fourth-order valence-electron chi connectivity index (χ4n) is 4.29. The van der Waals surface area contributed by atoms with E-state index in [1.165, 1.54) is 0 Å². The van der Waals surface area contributed by atoms with Crippen LogP contribution in [0.1, 0.15) is 41.3 Å². The van der Waals surface area contributed by atoms with Gasteiger partial charge in [-0.05, 0) is 25.5 Å². The number of hydrogen-bond donors (Lipinski definition) is 1. The summed E-state index contributed by atoms with van der Waals surface area (Å²) in [4.78, 5) is 22.7. The molecule has 4 rings (SSSR count). The summed E-state index contributed by atoms with van der Waals surface area (Å²) in [6.45, 7) is 7.29. The third kappa shape index (κ3) is 3.19. The molecule has 0 aromatic heterocycles. The molecule has 0 unspecified atom stereocenters. The number of quaternary nitrogens is 1. The van der Waals surface area contributed by atoms with Crippen LogP contribution in [0.3, 0.4) is 0 Å². The Labute approximate surface area is 171 Å². The number of carbonyl (C=O) groups is 1. The molecule has 28 heavy (non-hydrogen) atoms. The van der Waals surface area contributed by atoms with E-state index in [1.54, 1.807) is 4.90 Å². The lowest BCUT2D eigenvalue weighted by molar-refractivity contribution is -0.904. The van der Waals surface area contributed by atoms with Crippen molar-refractivity contribution in [1.29, 1.82) is 0 Å². The summed E-state index contributed by atoms with van der Waals surface area (Å²) in [5, 5.41) is 0. The first-order chi connectivity index (χ1) is 13.6. The van der Waals surface area contributed by atoms with E-state index >= 15 is 0 Å². The Morgan fingerprint density at radius 1 is 1.11 bits per heavy atom. The minimum absolute atomic E-state index is 0.0299. The van der Waals surface area contributed by atoms with Crippen molar-refractivity contribution >= 4 is 28.8 Å². The Bertz CT molecular complexity index is 930. The minimum atomic E-state index is -0.555. The van der Waals surface area contributed by atoms with E-state index in [1.807, 2.05) is 66.4 Å². The van der Waals surface area contributed by atoms with E-state index in [-0.39, 0.29) is 5.91 Å². The molecule has 1 spiro atoms. The fraction of sp³-hybridized carbons (Fsp3) is 0.348. The van der Waals surface area contributed by atoms with Crippen LogP contribution in [-0.4, -0.2) is 46.8 Å². The molecule has 4 nitrogen and oxygen atoms in total. The summed E-state index contributed by atoms with van der Waals surface area (Å²) < 4.78 is 0. The van der Waals surface area contributed by atoms with Gasteiger partial charge in [-0.25, -0.2) is 0 Å². The maximum atomic E-state index is 13.6. The van der Waals surface area contributed by atoms with E-state index in [0.29, 0.717) is 10.6 Å². The number of rotatable bonds is 3. The Kier molecular flexibility index (Phi) is 5.13. The fourth-order valence-corrected chi connectivity index (χ4v) is 4.71. The van der Waals surface area contributed by atoms with Crippen molar-refractivity contribution in [2.75, 3.05) is 19.6 Å². The number of amides is 1. The number of benzene rings is 2. The lowest BCUT2D eigenvalue weighted by Crippen LogP contribution is -3.13. The van der Waals surface area contributed by atoms with E-state index in [4.69, 9.17) is 17.2 Å². The van der Waals surface area contributed by atoms with Crippen molar-refractivity contribution in [3.63, 3.8) is 0 Å². The molecule has 144 valence electrons. The minimum Gasteiger partial charge on any atom is -0.335 e. The van der Waals surface area contributed by atoms with Crippen LogP contribution < -0.4 is 4.90 Å². The largest absolute Gasteiger partial charge is 0.335 e. The zero-order chi connectivity index (χ0) is 19.7. The summed E-state index contributed by atoms with van der Waals surface area (Å²) in [5.41, 5.74) is 2.88.